The molecule has 1 aliphatic carbocycles. The Kier molecular flexibility index (Phi) is 5.43. The van der Waals surface area contributed by atoms with E-state index < -0.39 is 10.0 Å². The molecular formula is C14H21ClN2O2S. The summed E-state index contributed by atoms with van der Waals surface area (Å²) < 4.78 is 27.6. The average molecular weight is 317 g/mol. The summed E-state index contributed by atoms with van der Waals surface area (Å²) in [5, 5.41) is 0.501. The Balaban J connectivity index is 2.17. The molecule has 0 saturated heterocycles. The van der Waals surface area contributed by atoms with E-state index in [-0.39, 0.29) is 17.5 Å². The van der Waals surface area contributed by atoms with Crippen LogP contribution in [-0.2, 0) is 16.6 Å². The van der Waals surface area contributed by atoms with Gasteiger partial charge in [0.05, 0.1) is 4.90 Å². The molecule has 0 amide bonds. The molecule has 2 rings (SSSR count). The molecule has 0 spiro atoms. The van der Waals surface area contributed by atoms with E-state index in [1.807, 2.05) is 0 Å². The van der Waals surface area contributed by atoms with Crippen molar-refractivity contribution in [1.29, 1.82) is 0 Å². The summed E-state index contributed by atoms with van der Waals surface area (Å²) in [6.07, 6.45) is 6.38. The van der Waals surface area contributed by atoms with Gasteiger partial charge in [-0.2, -0.15) is 0 Å². The maximum Gasteiger partial charge on any atom is 0.240 e. The van der Waals surface area contributed by atoms with Crippen LogP contribution >= 0.6 is 11.6 Å². The van der Waals surface area contributed by atoms with Crippen LogP contribution in [0.4, 0.5) is 0 Å². The molecule has 4 nitrogen and oxygen atoms in total. The molecular weight excluding hydrogens is 296 g/mol. The van der Waals surface area contributed by atoms with E-state index in [4.69, 9.17) is 17.3 Å². The highest BCUT2D eigenvalue weighted by atomic mass is 35.5. The monoisotopic (exact) mass is 316 g/mol. The lowest BCUT2D eigenvalue weighted by molar-refractivity contribution is 0.510. The lowest BCUT2D eigenvalue weighted by Crippen LogP contribution is -2.34. The van der Waals surface area contributed by atoms with Crippen molar-refractivity contribution in [3.63, 3.8) is 0 Å². The molecule has 0 radical (unpaired) electrons. The van der Waals surface area contributed by atoms with E-state index in [0.717, 1.165) is 25.7 Å². The van der Waals surface area contributed by atoms with Gasteiger partial charge in [-0.1, -0.05) is 37.3 Å². The SMILES string of the molecule is NCc1cc(S(=O)(=O)NC2CCCCCC2)ccc1Cl. The van der Waals surface area contributed by atoms with Crippen LogP contribution in [0, 0.1) is 0 Å². The van der Waals surface area contributed by atoms with E-state index in [2.05, 4.69) is 4.72 Å². The number of halogens is 1. The molecule has 1 aromatic carbocycles. The van der Waals surface area contributed by atoms with Crippen LogP contribution in [0.5, 0.6) is 0 Å². The van der Waals surface area contributed by atoms with E-state index in [1.165, 1.54) is 18.9 Å². The van der Waals surface area contributed by atoms with Crippen molar-refractivity contribution in [3.8, 4) is 0 Å². The van der Waals surface area contributed by atoms with Crippen LogP contribution in [0.2, 0.25) is 5.02 Å². The summed E-state index contributed by atoms with van der Waals surface area (Å²) in [5.74, 6) is 0. The molecule has 112 valence electrons. The minimum atomic E-state index is -3.49. The quantitative estimate of drug-likeness (QED) is 0.839. The van der Waals surface area contributed by atoms with Gasteiger partial charge < -0.3 is 5.73 Å². The van der Waals surface area contributed by atoms with E-state index in [9.17, 15) is 8.42 Å². The molecule has 0 bridgehead atoms. The minimum Gasteiger partial charge on any atom is -0.326 e. The number of nitrogens with two attached hydrogens (primary N) is 1. The second-order valence-corrected chi connectivity index (χ2v) is 7.39. The van der Waals surface area contributed by atoms with Crippen LogP contribution in [0.1, 0.15) is 44.1 Å². The number of benzene rings is 1. The number of hydrogen-bond donors (Lipinski definition) is 2. The predicted octanol–water partition coefficient (Wildman–Crippen LogP) is 2.80. The van der Waals surface area contributed by atoms with Gasteiger partial charge in [-0.05, 0) is 36.6 Å². The first-order chi connectivity index (χ1) is 9.53. The molecule has 0 atom stereocenters. The van der Waals surface area contributed by atoms with Crippen molar-refractivity contribution in [2.45, 2.75) is 56.0 Å². The van der Waals surface area contributed by atoms with Gasteiger partial charge in [0.15, 0.2) is 0 Å². The van der Waals surface area contributed by atoms with Crippen LogP contribution in [0.15, 0.2) is 23.1 Å². The third-order valence-corrected chi connectivity index (χ3v) is 5.61. The predicted molar refractivity (Wildman–Crippen MR) is 81.2 cm³/mol. The molecule has 1 aliphatic rings. The van der Waals surface area contributed by atoms with Gasteiger partial charge in [0.25, 0.3) is 0 Å². The lowest BCUT2D eigenvalue weighted by atomic mass is 10.1. The van der Waals surface area contributed by atoms with Crippen molar-refractivity contribution in [2.24, 2.45) is 5.73 Å². The van der Waals surface area contributed by atoms with Crippen molar-refractivity contribution < 1.29 is 8.42 Å². The molecule has 0 aliphatic heterocycles. The zero-order valence-electron chi connectivity index (χ0n) is 11.4. The Hall–Kier alpha value is -0.620. The average Bonchev–Trinajstić information content (AvgIpc) is 2.67. The largest absolute Gasteiger partial charge is 0.326 e. The first kappa shape index (κ1) is 15.8. The van der Waals surface area contributed by atoms with Crippen LogP contribution in [0.25, 0.3) is 0 Å². The van der Waals surface area contributed by atoms with E-state index in [0.29, 0.717) is 10.6 Å². The molecule has 20 heavy (non-hydrogen) atoms. The van der Waals surface area contributed by atoms with Crippen LogP contribution in [0.3, 0.4) is 0 Å². The molecule has 0 heterocycles. The fourth-order valence-electron chi connectivity index (χ4n) is 2.56. The highest BCUT2D eigenvalue weighted by molar-refractivity contribution is 7.89. The third kappa shape index (κ3) is 3.95. The first-order valence-electron chi connectivity index (χ1n) is 7.04. The Morgan fingerprint density at radius 3 is 2.45 bits per heavy atom. The second kappa shape index (κ2) is 6.89. The summed E-state index contributed by atoms with van der Waals surface area (Å²) in [6, 6.07) is 4.72. The number of sulfonamides is 1. The topological polar surface area (TPSA) is 72.2 Å². The summed E-state index contributed by atoms with van der Waals surface area (Å²) in [7, 11) is -3.49. The van der Waals surface area contributed by atoms with E-state index >= 15 is 0 Å². The van der Waals surface area contributed by atoms with Crippen molar-refractivity contribution in [3.05, 3.63) is 28.8 Å². The van der Waals surface area contributed by atoms with Gasteiger partial charge in [-0.15, -0.1) is 0 Å². The van der Waals surface area contributed by atoms with Crippen molar-refractivity contribution in [1.82, 2.24) is 4.72 Å². The Morgan fingerprint density at radius 1 is 1.20 bits per heavy atom. The van der Waals surface area contributed by atoms with Gasteiger partial charge in [0.1, 0.15) is 0 Å². The number of rotatable bonds is 4. The van der Waals surface area contributed by atoms with E-state index in [1.54, 1.807) is 12.1 Å². The molecule has 0 unspecified atom stereocenters. The minimum absolute atomic E-state index is 0.0412. The molecule has 0 aromatic heterocycles. The number of nitrogens with one attached hydrogen (secondary N) is 1. The fourth-order valence-corrected chi connectivity index (χ4v) is 4.11. The Morgan fingerprint density at radius 2 is 1.85 bits per heavy atom. The molecule has 3 N–H and O–H groups in total. The molecule has 1 saturated carbocycles. The fraction of sp³-hybridized carbons (Fsp3) is 0.571. The van der Waals surface area contributed by atoms with Gasteiger partial charge in [-0.3, -0.25) is 0 Å². The summed E-state index contributed by atoms with van der Waals surface area (Å²) in [5.41, 5.74) is 6.22. The highest BCUT2D eigenvalue weighted by Crippen LogP contribution is 2.22. The summed E-state index contributed by atoms with van der Waals surface area (Å²) in [6.45, 7) is 0.228. The summed E-state index contributed by atoms with van der Waals surface area (Å²) >= 11 is 5.96. The smallest absolute Gasteiger partial charge is 0.240 e. The van der Waals surface area contributed by atoms with Crippen molar-refractivity contribution >= 4 is 21.6 Å². The van der Waals surface area contributed by atoms with Gasteiger partial charge in [-0.25, -0.2) is 13.1 Å². The summed E-state index contributed by atoms with van der Waals surface area (Å²) in [4.78, 5) is 0.242. The Bertz CT molecular complexity index is 552. The third-order valence-electron chi connectivity index (χ3n) is 3.72. The number of hydrogen-bond acceptors (Lipinski definition) is 3. The standard InChI is InChI=1S/C14H21ClN2O2S/c15-14-8-7-13(9-11(14)10-16)20(18,19)17-12-5-3-1-2-4-6-12/h7-9,12,17H,1-6,10,16H2. The first-order valence-corrected chi connectivity index (χ1v) is 8.90. The van der Waals surface area contributed by atoms with Crippen molar-refractivity contribution in [2.75, 3.05) is 0 Å². The second-order valence-electron chi connectivity index (χ2n) is 5.27. The molecule has 6 heteroatoms. The lowest BCUT2D eigenvalue weighted by Gasteiger charge is -2.17. The normalized spacial score (nSPS) is 17.9. The molecule has 1 fully saturated rings. The van der Waals surface area contributed by atoms with Gasteiger partial charge in [0.2, 0.25) is 10.0 Å². The zero-order chi connectivity index (χ0) is 14.6. The van der Waals surface area contributed by atoms with Crippen LogP contribution < -0.4 is 10.5 Å². The van der Waals surface area contributed by atoms with Gasteiger partial charge >= 0.3 is 0 Å². The maximum atomic E-state index is 12.4. The van der Waals surface area contributed by atoms with Gasteiger partial charge in [0, 0.05) is 17.6 Å². The Labute approximate surface area is 125 Å². The van der Waals surface area contributed by atoms with Crippen LogP contribution in [-0.4, -0.2) is 14.5 Å². The zero-order valence-corrected chi connectivity index (χ0v) is 13.0. The maximum absolute atomic E-state index is 12.4. The highest BCUT2D eigenvalue weighted by Gasteiger charge is 2.21. The molecule has 1 aromatic rings.